The molecule has 8 heteroatoms. The van der Waals surface area contributed by atoms with Gasteiger partial charge >= 0.3 is 0 Å². The predicted molar refractivity (Wildman–Crippen MR) is 86.1 cm³/mol. The standard InChI is InChI=1S/C13H16BrClN2O3S/c1-21(19,20)16-10-4-6-17(7-5-10)13(18)11-8-9(14)2-3-12(11)15/h2-3,8,10,16H,4-7H2,1H3. The highest BCUT2D eigenvalue weighted by molar-refractivity contribution is 9.10. The monoisotopic (exact) mass is 394 g/mol. The minimum atomic E-state index is -3.21. The van der Waals surface area contributed by atoms with Crippen molar-refractivity contribution < 1.29 is 13.2 Å². The second-order valence-corrected chi connectivity index (χ2v) is 8.18. The van der Waals surface area contributed by atoms with Crippen molar-refractivity contribution in [1.82, 2.24) is 9.62 Å². The van der Waals surface area contributed by atoms with Gasteiger partial charge in [0.15, 0.2) is 0 Å². The lowest BCUT2D eigenvalue weighted by molar-refractivity contribution is 0.0711. The van der Waals surface area contributed by atoms with Crippen LogP contribution >= 0.6 is 27.5 Å². The van der Waals surface area contributed by atoms with Crippen molar-refractivity contribution in [3.8, 4) is 0 Å². The Morgan fingerprint density at radius 2 is 2.00 bits per heavy atom. The summed E-state index contributed by atoms with van der Waals surface area (Å²) in [6.07, 6.45) is 2.35. The van der Waals surface area contributed by atoms with Gasteiger partial charge in [0.05, 0.1) is 16.8 Å². The van der Waals surface area contributed by atoms with E-state index in [-0.39, 0.29) is 11.9 Å². The second-order valence-electron chi connectivity index (χ2n) is 5.08. The maximum Gasteiger partial charge on any atom is 0.255 e. The first-order chi connectivity index (χ1) is 9.76. The van der Waals surface area contributed by atoms with Gasteiger partial charge in [-0.2, -0.15) is 0 Å². The first-order valence-electron chi connectivity index (χ1n) is 6.48. The Labute approximate surface area is 137 Å². The van der Waals surface area contributed by atoms with E-state index in [1.165, 1.54) is 0 Å². The van der Waals surface area contributed by atoms with E-state index in [1.54, 1.807) is 23.1 Å². The molecular formula is C13H16BrClN2O3S. The van der Waals surface area contributed by atoms with Gasteiger partial charge in [-0.25, -0.2) is 13.1 Å². The molecule has 0 bridgehead atoms. The minimum absolute atomic E-state index is 0.109. The third-order valence-corrected chi connectivity index (χ3v) is 4.91. The molecule has 0 unspecified atom stereocenters. The summed E-state index contributed by atoms with van der Waals surface area (Å²) in [5.74, 6) is -0.126. The normalized spacial score (nSPS) is 17.0. The maximum absolute atomic E-state index is 12.4. The molecule has 1 aromatic carbocycles. The summed E-state index contributed by atoms with van der Waals surface area (Å²) in [5.41, 5.74) is 0.459. The molecule has 1 N–H and O–H groups in total. The van der Waals surface area contributed by atoms with E-state index in [9.17, 15) is 13.2 Å². The van der Waals surface area contributed by atoms with Crippen molar-refractivity contribution in [3.05, 3.63) is 33.3 Å². The molecule has 0 spiro atoms. The fourth-order valence-corrected chi connectivity index (χ4v) is 3.74. The molecule has 1 amide bonds. The third-order valence-electron chi connectivity index (χ3n) is 3.32. The average Bonchev–Trinajstić information content (AvgIpc) is 2.40. The third kappa shape index (κ3) is 4.67. The Bertz CT molecular complexity index is 643. The lowest BCUT2D eigenvalue weighted by Gasteiger charge is -2.32. The first kappa shape index (κ1) is 16.7. The number of carbonyl (C=O) groups is 1. The van der Waals surface area contributed by atoms with Gasteiger partial charge < -0.3 is 4.90 Å². The van der Waals surface area contributed by atoms with Crippen LogP contribution in [0.1, 0.15) is 23.2 Å². The van der Waals surface area contributed by atoms with E-state index >= 15 is 0 Å². The molecule has 2 rings (SSSR count). The van der Waals surface area contributed by atoms with Crippen LogP contribution < -0.4 is 4.72 Å². The van der Waals surface area contributed by atoms with Crippen LogP contribution in [0.3, 0.4) is 0 Å². The fourth-order valence-electron chi connectivity index (χ4n) is 2.33. The number of carbonyl (C=O) groups excluding carboxylic acids is 1. The van der Waals surface area contributed by atoms with E-state index in [1.807, 2.05) is 0 Å². The zero-order valence-corrected chi connectivity index (χ0v) is 14.6. The first-order valence-corrected chi connectivity index (χ1v) is 9.54. The van der Waals surface area contributed by atoms with Crippen LogP contribution in [0.15, 0.2) is 22.7 Å². The molecule has 21 heavy (non-hydrogen) atoms. The number of rotatable bonds is 3. The Morgan fingerprint density at radius 3 is 2.57 bits per heavy atom. The molecule has 5 nitrogen and oxygen atoms in total. The molecule has 1 aliphatic heterocycles. The zero-order chi connectivity index (χ0) is 15.6. The van der Waals surface area contributed by atoms with Crippen LogP contribution in [0.2, 0.25) is 5.02 Å². The number of amides is 1. The van der Waals surface area contributed by atoms with Gasteiger partial charge in [0.2, 0.25) is 10.0 Å². The number of sulfonamides is 1. The van der Waals surface area contributed by atoms with Crippen molar-refractivity contribution in [2.75, 3.05) is 19.3 Å². The van der Waals surface area contributed by atoms with Crippen LogP contribution in [-0.4, -0.2) is 44.6 Å². The second kappa shape index (κ2) is 6.64. The van der Waals surface area contributed by atoms with Gasteiger partial charge in [-0.05, 0) is 31.0 Å². The number of likely N-dealkylation sites (tertiary alicyclic amines) is 1. The Kier molecular flexibility index (Phi) is 5.29. The number of nitrogens with one attached hydrogen (secondary N) is 1. The van der Waals surface area contributed by atoms with E-state index in [0.29, 0.717) is 36.5 Å². The van der Waals surface area contributed by atoms with Gasteiger partial charge in [0.25, 0.3) is 5.91 Å². The molecular weight excluding hydrogens is 380 g/mol. The summed E-state index contributed by atoms with van der Waals surface area (Å²) >= 11 is 9.39. The highest BCUT2D eigenvalue weighted by atomic mass is 79.9. The average molecular weight is 396 g/mol. The largest absolute Gasteiger partial charge is 0.338 e. The highest BCUT2D eigenvalue weighted by Crippen LogP contribution is 2.24. The highest BCUT2D eigenvalue weighted by Gasteiger charge is 2.26. The van der Waals surface area contributed by atoms with Crippen LogP contribution in [-0.2, 0) is 10.0 Å². The molecule has 0 aliphatic carbocycles. The Balaban J connectivity index is 2.02. The van der Waals surface area contributed by atoms with Crippen molar-refractivity contribution in [3.63, 3.8) is 0 Å². The number of piperidine rings is 1. The van der Waals surface area contributed by atoms with Gasteiger partial charge in [-0.1, -0.05) is 27.5 Å². The molecule has 1 heterocycles. The Morgan fingerprint density at radius 1 is 1.38 bits per heavy atom. The number of benzene rings is 1. The molecule has 0 saturated carbocycles. The summed E-state index contributed by atoms with van der Waals surface area (Å²) in [6.45, 7) is 1.02. The molecule has 1 aromatic rings. The summed E-state index contributed by atoms with van der Waals surface area (Å²) in [7, 11) is -3.21. The van der Waals surface area contributed by atoms with Crippen molar-refractivity contribution in [2.24, 2.45) is 0 Å². The number of nitrogens with zero attached hydrogens (tertiary/aromatic N) is 1. The van der Waals surface area contributed by atoms with E-state index < -0.39 is 10.0 Å². The molecule has 1 fully saturated rings. The fraction of sp³-hybridized carbons (Fsp3) is 0.462. The number of hydrogen-bond donors (Lipinski definition) is 1. The summed E-state index contributed by atoms with van der Waals surface area (Å²) in [4.78, 5) is 14.1. The predicted octanol–water partition coefficient (Wildman–Crippen LogP) is 2.26. The van der Waals surface area contributed by atoms with Gasteiger partial charge in [-0.3, -0.25) is 4.79 Å². The molecule has 116 valence electrons. The molecule has 0 aromatic heterocycles. The van der Waals surface area contributed by atoms with Crippen LogP contribution in [0, 0.1) is 0 Å². The molecule has 0 radical (unpaired) electrons. The molecule has 0 atom stereocenters. The van der Waals surface area contributed by atoms with E-state index in [4.69, 9.17) is 11.6 Å². The quantitative estimate of drug-likeness (QED) is 0.853. The van der Waals surface area contributed by atoms with E-state index in [2.05, 4.69) is 20.7 Å². The summed E-state index contributed by atoms with van der Waals surface area (Å²) in [5, 5.41) is 0.416. The summed E-state index contributed by atoms with van der Waals surface area (Å²) < 4.78 is 25.8. The Hall–Kier alpha value is -0.630. The van der Waals surface area contributed by atoms with Crippen molar-refractivity contribution in [1.29, 1.82) is 0 Å². The molecule has 1 aliphatic rings. The lowest BCUT2D eigenvalue weighted by Crippen LogP contribution is -2.46. The SMILES string of the molecule is CS(=O)(=O)NC1CCN(C(=O)c2cc(Br)ccc2Cl)CC1. The smallest absolute Gasteiger partial charge is 0.255 e. The zero-order valence-electron chi connectivity index (χ0n) is 11.5. The van der Waals surface area contributed by atoms with Crippen molar-refractivity contribution >= 4 is 43.5 Å². The maximum atomic E-state index is 12.4. The number of halogens is 2. The summed E-state index contributed by atoms with van der Waals surface area (Å²) in [6, 6.07) is 5.05. The van der Waals surface area contributed by atoms with Gasteiger partial charge in [0, 0.05) is 23.6 Å². The topological polar surface area (TPSA) is 66.5 Å². The van der Waals surface area contributed by atoms with Crippen LogP contribution in [0.25, 0.3) is 0 Å². The van der Waals surface area contributed by atoms with Gasteiger partial charge in [0.1, 0.15) is 0 Å². The van der Waals surface area contributed by atoms with Gasteiger partial charge in [-0.15, -0.1) is 0 Å². The van der Waals surface area contributed by atoms with Crippen LogP contribution in [0.5, 0.6) is 0 Å². The van der Waals surface area contributed by atoms with Crippen LogP contribution in [0.4, 0.5) is 0 Å². The van der Waals surface area contributed by atoms with E-state index in [0.717, 1.165) is 10.7 Å². The molecule has 1 saturated heterocycles. The van der Waals surface area contributed by atoms with Crippen molar-refractivity contribution in [2.45, 2.75) is 18.9 Å². The number of hydrogen-bond acceptors (Lipinski definition) is 3. The lowest BCUT2D eigenvalue weighted by atomic mass is 10.0. The minimum Gasteiger partial charge on any atom is -0.338 e.